The van der Waals surface area contributed by atoms with Crippen LogP contribution in [0.15, 0.2) is 42.5 Å². The minimum Gasteiger partial charge on any atom is -0.494 e. The van der Waals surface area contributed by atoms with Gasteiger partial charge in [0.25, 0.3) is 0 Å². The molecule has 0 aliphatic heterocycles. The van der Waals surface area contributed by atoms with E-state index in [-0.39, 0.29) is 12.4 Å². The van der Waals surface area contributed by atoms with E-state index in [1.807, 2.05) is 6.07 Å². The minimum absolute atomic E-state index is 0.0598. The van der Waals surface area contributed by atoms with Gasteiger partial charge in [-0.1, -0.05) is 30.3 Å². The minimum atomic E-state index is -1.07. The van der Waals surface area contributed by atoms with Gasteiger partial charge >= 0.3 is 5.97 Å². The van der Waals surface area contributed by atoms with Crippen molar-refractivity contribution in [2.24, 2.45) is 0 Å². The van der Waals surface area contributed by atoms with Crippen LogP contribution in [-0.4, -0.2) is 13.1 Å². The first kappa shape index (κ1) is 14.0. The van der Waals surface area contributed by atoms with Crippen molar-refractivity contribution in [3.8, 4) is 5.75 Å². The molecular formula is C15H12F2O3. The maximum Gasteiger partial charge on any atom is 0.344 e. The molecule has 2 rings (SSSR count). The highest BCUT2D eigenvalue weighted by atomic mass is 19.1. The fraction of sp³-hybridized carbons (Fsp3) is 0.133. The maximum atomic E-state index is 13.8. The molecule has 0 unspecified atom stereocenters. The molecule has 0 atom stereocenters. The average molecular weight is 278 g/mol. The smallest absolute Gasteiger partial charge is 0.344 e. The molecule has 0 saturated heterocycles. The van der Waals surface area contributed by atoms with Gasteiger partial charge in [0.1, 0.15) is 18.0 Å². The summed E-state index contributed by atoms with van der Waals surface area (Å²) in [4.78, 5) is 11.8. The Morgan fingerprint density at radius 1 is 1.10 bits per heavy atom. The maximum absolute atomic E-state index is 13.8. The van der Waals surface area contributed by atoms with Crippen LogP contribution in [0, 0.1) is 11.6 Å². The van der Waals surface area contributed by atoms with Gasteiger partial charge in [-0.2, -0.15) is 0 Å². The molecule has 3 nitrogen and oxygen atoms in total. The van der Waals surface area contributed by atoms with Crippen LogP contribution in [0.3, 0.4) is 0 Å². The third-order valence-electron chi connectivity index (χ3n) is 2.69. The molecule has 0 amide bonds. The third kappa shape index (κ3) is 2.93. The largest absolute Gasteiger partial charge is 0.494 e. The van der Waals surface area contributed by atoms with E-state index in [1.165, 1.54) is 7.11 Å². The molecule has 0 aliphatic carbocycles. The molecule has 104 valence electrons. The van der Waals surface area contributed by atoms with Crippen molar-refractivity contribution in [2.75, 3.05) is 7.11 Å². The Bertz CT molecular complexity index is 612. The number of ether oxygens (including phenoxy) is 2. The monoisotopic (exact) mass is 278 g/mol. The van der Waals surface area contributed by atoms with E-state index in [2.05, 4.69) is 0 Å². The lowest BCUT2D eigenvalue weighted by atomic mass is 10.2. The third-order valence-corrected chi connectivity index (χ3v) is 2.69. The molecule has 0 radical (unpaired) electrons. The predicted octanol–water partition coefficient (Wildman–Crippen LogP) is 3.33. The van der Waals surface area contributed by atoms with Gasteiger partial charge in [-0.25, -0.2) is 13.6 Å². The van der Waals surface area contributed by atoms with Crippen LogP contribution in [0.5, 0.6) is 5.75 Å². The number of carbonyl (C=O) groups excluding carboxylic acids is 1. The summed E-state index contributed by atoms with van der Waals surface area (Å²) in [5, 5.41) is 0. The van der Waals surface area contributed by atoms with E-state index in [4.69, 9.17) is 9.47 Å². The Morgan fingerprint density at radius 2 is 1.80 bits per heavy atom. The Balaban J connectivity index is 2.17. The van der Waals surface area contributed by atoms with Crippen molar-refractivity contribution in [2.45, 2.75) is 6.61 Å². The lowest BCUT2D eigenvalue weighted by molar-refractivity contribution is 0.0460. The molecule has 20 heavy (non-hydrogen) atoms. The number of carbonyl (C=O) groups is 1. The van der Waals surface area contributed by atoms with E-state index < -0.39 is 23.2 Å². The molecule has 0 fully saturated rings. The molecule has 0 N–H and O–H groups in total. The van der Waals surface area contributed by atoms with Crippen LogP contribution < -0.4 is 4.74 Å². The predicted molar refractivity (Wildman–Crippen MR) is 68.5 cm³/mol. The number of methoxy groups -OCH3 is 1. The summed E-state index contributed by atoms with van der Waals surface area (Å²) in [5.74, 6) is -3.33. The van der Waals surface area contributed by atoms with Gasteiger partial charge in [0, 0.05) is 0 Å². The summed E-state index contributed by atoms with van der Waals surface area (Å²) < 4.78 is 37.0. The Morgan fingerprint density at radius 3 is 2.45 bits per heavy atom. The van der Waals surface area contributed by atoms with Gasteiger partial charge < -0.3 is 9.47 Å². The van der Waals surface area contributed by atoms with Crippen LogP contribution in [-0.2, 0) is 11.3 Å². The van der Waals surface area contributed by atoms with E-state index in [0.717, 1.165) is 17.7 Å². The first-order valence-electron chi connectivity index (χ1n) is 5.86. The first-order valence-corrected chi connectivity index (χ1v) is 5.86. The van der Waals surface area contributed by atoms with Crippen LogP contribution in [0.4, 0.5) is 8.78 Å². The topological polar surface area (TPSA) is 35.5 Å². The number of hydrogen-bond acceptors (Lipinski definition) is 3. The van der Waals surface area contributed by atoms with Crippen LogP contribution in [0.25, 0.3) is 0 Å². The highest BCUT2D eigenvalue weighted by Crippen LogP contribution is 2.23. The average Bonchev–Trinajstić information content (AvgIpc) is 2.46. The van der Waals surface area contributed by atoms with Crippen LogP contribution >= 0.6 is 0 Å². The van der Waals surface area contributed by atoms with Gasteiger partial charge in [0.05, 0.1) is 7.11 Å². The van der Waals surface area contributed by atoms with E-state index in [0.29, 0.717) is 0 Å². The Hall–Kier alpha value is -2.43. The quantitative estimate of drug-likeness (QED) is 0.805. The fourth-order valence-corrected chi connectivity index (χ4v) is 1.67. The van der Waals surface area contributed by atoms with Crippen molar-refractivity contribution < 1.29 is 23.0 Å². The molecule has 0 saturated carbocycles. The van der Waals surface area contributed by atoms with E-state index >= 15 is 0 Å². The number of halogens is 2. The van der Waals surface area contributed by atoms with Crippen molar-refractivity contribution in [3.63, 3.8) is 0 Å². The normalized spacial score (nSPS) is 10.2. The van der Waals surface area contributed by atoms with Gasteiger partial charge in [0.15, 0.2) is 11.6 Å². The molecular weight excluding hydrogens is 266 g/mol. The second-order valence-electron chi connectivity index (χ2n) is 4.00. The van der Waals surface area contributed by atoms with Crippen LogP contribution in [0.1, 0.15) is 15.9 Å². The fourth-order valence-electron chi connectivity index (χ4n) is 1.67. The van der Waals surface area contributed by atoms with Gasteiger partial charge in [0.2, 0.25) is 0 Å². The molecule has 0 spiro atoms. The van der Waals surface area contributed by atoms with Crippen LogP contribution in [0.2, 0.25) is 0 Å². The molecule has 0 bridgehead atoms. The molecule has 2 aromatic rings. The number of esters is 1. The second kappa shape index (κ2) is 6.14. The zero-order chi connectivity index (χ0) is 14.5. The summed E-state index contributed by atoms with van der Waals surface area (Å²) >= 11 is 0. The number of benzene rings is 2. The van der Waals surface area contributed by atoms with Crippen molar-refractivity contribution in [1.82, 2.24) is 0 Å². The number of rotatable bonds is 4. The first-order chi connectivity index (χ1) is 9.63. The van der Waals surface area contributed by atoms with E-state index in [1.54, 1.807) is 24.3 Å². The molecule has 2 aromatic carbocycles. The second-order valence-corrected chi connectivity index (χ2v) is 4.00. The Kier molecular flexibility index (Phi) is 4.30. The zero-order valence-electron chi connectivity index (χ0n) is 10.7. The lowest BCUT2D eigenvalue weighted by Gasteiger charge is -2.09. The molecule has 0 aliphatic rings. The van der Waals surface area contributed by atoms with Gasteiger partial charge in [-0.05, 0) is 17.7 Å². The summed E-state index contributed by atoms with van der Waals surface area (Å²) in [6, 6.07) is 10.9. The standard InChI is InChI=1S/C15H12F2O3/c1-19-12-8-7-11(16)13(14(12)17)15(18)20-9-10-5-3-2-4-6-10/h2-8H,9H2,1H3. The summed E-state index contributed by atoms with van der Waals surface area (Å²) in [5.41, 5.74) is -0.0233. The zero-order valence-corrected chi connectivity index (χ0v) is 10.7. The van der Waals surface area contributed by atoms with Crippen molar-refractivity contribution in [3.05, 3.63) is 65.2 Å². The highest BCUT2D eigenvalue weighted by molar-refractivity contribution is 5.90. The summed E-state index contributed by atoms with van der Waals surface area (Å²) in [7, 11) is 1.23. The van der Waals surface area contributed by atoms with E-state index in [9.17, 15) is 13.6 Å². The molecule has 0 heterocycles. The highest BCUT2D eigenvalue weighted by Gasteiger charge is 2.22. The molecule has 0 aromatic heterocycles. The summed E-state index contributed by atoms with van der Waals surface area (Å²) in [6.45, 7) is -0.0598. The van der Waals surface area contributed by atoms with Gasteiger partial charge in [-0.3, -0.25) is 0 Å². The summed E-state index contributed by atoms with van der Waals surface area (Å²) in [6.07, 6.45) is 0. The number of hydrogen-bond donors (Lipinski definition) is 0. The van der Waals surface area contributed by atoms with Crippen molar-refractivity contribution in [1.29, 1.82) is 0 Å². The molecule has 5 heteroatoms. The lowest BCUT2D eigenvalue weighted by Crippen LogP contribution is -2.11. The van der Waals surface area contributed by atoms with Crippen molar-refractivity contribution >= 4 is 5.97 Å². The Labute approximate surface area is 114 Å². The van der Waals surface area contributed by atoms with Gasteiger partial charge in [-0.15, -0.1) is 0 Å². The SMILES string of the molecule is COc1ccc(F)c(C(=O)OCc2ccccc2)c1F.